The van der Waals surface area contributed by atoms with Crippen molar-refractivity contribution in [3.8, 4) is 0 Å². The molecule has 1 heterocycles. The van der Waals surface area contributed by atoms with E-state index in [1.54, 1.807) is 20.8 Å². The van der Waals surface area contributed by atoms with Gasteiger partial charge < -0.3 is 4.74 Å². The summed E-state index contributed by atoms with van der Waals surface area (Å²) in [6.07, 6.45) is -0.526. The number of carbonyl (C=O) groups is 2. The molecule has 2 rings (SSSR count). The van der Waals surface area contributed by atoms with Crippen molar-refractivity contribution in [2.45, 2.75) is 33.3 Å². The van der Waals surface area contributed by atoms with Crippen molar-refractivity contribution in [2.24, 2.45) is 0 Å². The molecule has 4 nitrogen and oxygen atoms in total. The number of ketones is 1. The summed E-state index contributed by atoms with van der Waals surface area (Å²) in [6, 6.07) is 7.43. The van der Waals surface area contributed by atoms with E-state index in [-0.39, 0.29) is 5.78 Å². The van der Waals surface area contributed by atoms with Crippen molar-refractivity contribution in [2.75, 3.05) is 0 Å². The Hall–Kier alpha value is -1.37. The van der Waals surface area contributed by atoms with Crippen LogP contribution in [0.5, 0.6) is 0 Å². The number of para-hydroxylation sites is 1. The van der Waals surface area contributed by atoms with Crippen molar-refractivity contribution in [1.82, 2.24) is 4.57 Å². The van der Waals surface area contributed by atoms with E-state index in [0.717, 1.165) is 8.96 Å². The lowest BCUT2D eigenvalue weighted by Gasteiger charge is -2.20. The fourth-order valence-corrected chi connectivity index (χ4v) is 3.09. The van der Waals surface area contributed by atoms with Gasteiger partial charge in [0.25, 0.3) is 0 Å². The standard InChI is InChI=1S/C15H16INO3/c1-9(18)13-12(16)10-7-5-6-8-11(10)17(13)14(19)20-15(2,3)4/h5-8H,1-4H3. The number of carbonyl (C=O) groups excluding carboxylic acids is 2. The normalized spacial score (nSPS) is 11.7. The molecule has 0 saturated heterocycles. The first-order chi connectivity index (χ1) is 9.22. The van der Waals surface area contributed by atoms with Crippen LogP contribution in [0.3, 0.4) is 0 Å². The largest absolute Gasteiger partial charge is 0.443 e. The molecule has 106 valence electrons. The molecule has 5 heteroatoms. The quantitative estimate of drug-likeness (QED) is 0.545. The number of fused-ring (bicyclic) bond motifs is 1. The van der Waals surface area contributed by atoms with Gasteiger partial charge in [-0.05, 0) is 49.4 Å². The maximum atomic E-state index is 12.4. The summed E-state index contributed by atoms with van der Waals surface area (Å²) in [7, 11) is 0. The fourth-order valence-electron chi connectivity index (χ4n) is 2.01. The highest BCUT2D eigenvalue weighted by Gasteiger charge is 2.26. The Morgan fingerprint density at radius 3 is 2.35 bits per heavy atom. The maximum Gasteiger partial charge on any atom is 0.419 e. The number of Topliss-reactive ketones (excluding diaryl/α,β-unsaturated/α-hetero) is 1. The van der Waals surface area contributed by atoms with E-state index >= 15 is 0 Å². The molecule has 0 saturated carbocycles. The van der Waals surface area contributed by atoms with Crippen LogP contribution in [0.1, 0.15) is 38.2 Å². The highest BCUT2D eigenvalue weighted by molar-refractivity contribution is 14.1. The Labute approximate surface area is 131 Å². The molecule has 20 heavy (non-hydrogen) atoms. The average molecular weight is 385 g/mol. The van der Waals surface area contributed by atoms with Gasteiger partial charge in [-0.1, -0.05) is 18.2 Å². The molecular formula is C15H16INO3. The van der Waals surface area contributed by atoms with Gasteiger partial charge in [-0.25, -0.2) is 9.36 Å². The lowest BCUT2D eigenvalue weighted by molar-refractivity contribution is 0.0535. The summed E-state index contributed by atoms with van der Waals surface area (Å²) in [4.78, 5) is 24.3. The summed E-state index contributed by atoms with van der Waals surface area (Å²) < 4.78 is 7.54. The zero-order valence-electron chi connectivity index (χ0n) is 11.9. The number of rotatable bonds is 1. The van der Waals surface area contributed by atoms with Crippen LogP contribution in [0.2, 0.25) is 0 Å². The Morgan fingerprint density at radius 1 is 1.20 bits per heavy atom. The van der Waals surface area contributed by atoms with Crippen molar-refractivity contribution < 1.29 is 14.3 Å². The third-order valence-electron chi connectivity index (χ3n) is 2.72. The van der Waals surface area contributed by atoms with Crippen LogP contribution in [0.25, 0.3) is 10.9 Å². The van der Waals surface area contributed by atoms with Gasteiger partial charge in [0.1, 0.15) is 11.3 Å². The van der Waals surface area contributed by atoms with Gasteiger partial charge in [0, 0.05) is 12.3 Å². The number of hydrogen-bond donors (Lipinski definition) is 0. The molecule has 0 fully saturated rings. The SMILES string of the molecule is CC(=O)c1c(I)c2ccccc2n1C(=O)OC(C)(C)C. The highest BCUT2D eigenvalue weighted by Crippen LogP contribution is 2.29. The molecule has 0 bridgehead atoms. The lowest BCUT2D eigenvalue weighted by atomic mass is 10.2. The number of halogens is 1. The first kappa shape index (κ1) is 15.0. The van der Waals surface area contributed by atoms with Crippen molar-refractivity contribution >= 4 is 45.4 Å². The molecular weight excluding hydrogens is 369 g/mol. The van der Waals surface area contributed by atoms with Crippen molar-refractivity contribution in [3.63, 3.8) is 0 Å². The Morgan fingerprint density at radius 2 is 1.80 bits per heavy atom. The fraction of sp³-hybridized carbons (Fsp3) is 0.333. The zero-order valence-corrected chi connectivity index (χ0v) is 14.0. The summed E-state index contributed by atoms with van der Waals surface area (Å²) in [6.45, 7) is 6.86. The Bertz CT molecular complexity index is 695. The minimum Gasteiger partial charge on any atom is -0.443 e. The monoisotopic (exact) mass is 385 g/mol. The molecule has 0 aliphatic heterocycles. The Balaban J connectivity index is 2.70. The van der Waals surface area contributed by atoms with Crippen LogP contribution in [0.15, 0.2) is 24.3 Å². The van der Waals surface area contributed by atoms with E-state index < -0.39 is 11.7 Å². The molecule has 0 N–H and O–H groups in total. The molecule has 2 aromatic rings. The number of aromatic nitrogens is 1. The lowest BCUT2D eigenvalue weighted by Crippen LogP contribution is -2.28. The molecule has 0 radical (unpaired) electrons. The molecule has 0 spiro atoms. The molecule has 1 aromatic heterocycles. The van der Waals surface area contributed by atoms with Gasteiger partial charge >= 0.3 is 6.09 Å². The third kappa shape index (κ3) is 2.72. The summed E-state index contributed by atoms with van der Waals surface area (Å²) in [5, 5.41) is 0.879. The Kier molecular flexibility index (Phi) is 3.90. The molecule has 1 aromatic carbocycles. The van der Waals surface area contributed by atoms with Gasteiger partial charge in [-0.15, -0.1) is 0 Å². The molecule has 0 atom stereocenters. The summed E-state index contributed by atoms with van der Waals surface area (Å²) in [5.41, 5.74) is 0.458. The van der Waals surface area contributed by atoms with E-state index in [1.165, 1.54) is 11.5 Å². The predicted molar refractivity (Wildman–Crippen MR) is 86.3 cm³/mol. The second-order valence-electron chi connectivity index (χ2n) is 5.55. The van der Waals surface area contributed by atoms with E-state index in [0.29, 0.717) is 11.2 Å². The molecule has 0 amide bonds. The van der Waals surface area contributed by atoms with Gasteiger partial charge in [0.2, 0.25) is 0 Å². The van der Waals surface area contributed by atoms with Crippen LogP contribution in [0.4, 0.5) is 4.79 Å². The van der Waals surface area contributed by atoms with Crippen molar-refractivity contribution in [3.05, 3.63) is 33.5 Å². The smallest absolute Gasteiger partial charge is 0.419 e. The van der Waals surface area contributed by atoms with Crippen LogP contribution in [-0.2, 0) is 4.74 Å². The average Bonchev–Trinajstić information content (AvgIpc) is 2.61. The van der Waals surface area contributed by atoms with Crippen molar-refractivity contribution in [1.29, 1.82) is 0 Å². The van der Waals surface area contributed by atoms with Crippen LogP contribution >= 0.6 is 22.6 Å². The zero-order chi connectivity index (χ0) is 15.1. The summed E-state index contributed by atoms with van der Waals surface area (Å²) >= 11 is 2.10. The molecule has 0 aliphatic rings. The van der Waals surface area contributed by atoms with E-state index in [9.17, 15) is 9.59 Å². The first-order valence-corrected chi connectivity index (χ1v) is 7.33. The summed E-state index contributed by atoms with van der Waals surface area (Å²) in [5.74, 6) is -0.156. The number of nitrogens with zero attached hydrogens (tertiary/aromatic N) is 1. The van der Waals surface area contributed by atoms with Crippen LogP contribution < -0.4 is 0 Å². The minimum absolute atomic E-state index is 0.156. The van der Waals surface area contributed by atoms with E-state index in [2.05, 4.69) is 22.6 Å². The highest BCUT2D eigenvalue weighted by atomic mass is 127. The van der Waals surface area contributed by atoms with Crippen LogP contribution in [-0.4, -0.2) is 22.0 Å². The molecule has 0 unspecified atom stereocenters. The van der Waals surface area contributed by atoms with Gasteiger partial charge in [-0.2, -0.15) is 0 Å². The second-order valence-corrected chi connectivity index (χ2v) is 6.63. The second kappa shape index (κ2) is 5.20. The van der Waals surface area contributed by atoms with Gasteiger partial charge in [-0.3, -0.25) is 4.79 Å². The third-order valence-corrected chi connectivity index (χ3v) is 3.81. The van der Waals surface area contributed by atoms with Crippen LogP contribution in [0, 0.1) is 3.57 Å². The first-order valence-electron chi connectivity index (χ1n) is 6.25. The van der Waals surface area contributed by atoms with E-state index in [1.807, 2.05) is 24.3 Å². The number of ether oxygens (including phenoxy) is 1. The molecule has 0 aliphatic carbocycles. The number of hydrogen-bond acceptors (Lipinski definition) is 3. The topological polar surface area (TPSA) is 48.3 Å². The number of benzene rings is 1. The maximum absolute atomic E-state index is 12.4. The van der Waals surface area contributed by atoms with Gasteiger partial charge in [0.05, 0.1) is 9.09 Å². The predicted octanol–water partition coefficient (Wildman–Crippen LogP) is 4.23. The van der Waals surface area contributed by atoms with E-state index in [4.69, 9.17) is 4.74 Å². The van der Waals surface area contributed by atoms with Gasteiger partial charge in [0.15, 0.2) is 5.78 Å². The minimum atomic E-state index is -0.609.